The molecule has 0 fully saturated rings. The van der Waals surface area contributed by atoms with E-state index < -0.39 is 0 Å². The Balaban J connectivity index is 0.000000847. The molecule has 0 spiro atoms. The van der Waals surface area contributed by atoms with Crippen LogP contribution in [0.4, 0.5) is 0 Å². The number of rotatable bonds is 3. The molecule has 1 aliphatic rings. The number of methoxy groups -OCH3 is 1. The maximum atomic E-state index is 12.1. The van der Waals surface area contributed by atoms with Gasteiger partial charge in [0, 0.05) is 24.6 Å². The van der Waals surface area contributed by atoms with Crippen molar-refractivity contribution in [1.29, 1.82) is 0 Å². The van der Waals surface area contributed by atoms with Crippen molar-refractivity contribution in [2.24, 2.45) is 0 Å². The molecule has 0 N–H and O–H groups in total. The normalized spacial score (nSPS) is 16.1. The number of nitrogens with zero attached hydrogens (tertiary/aromatic N) is 1. The van der Waals surface area contributed by atoms with E-state index in [0.29, 0.717) is 12.3 Å². The smallest absolute Gasteiger partial charge is 0.354 e. The maximum Gasteiger partial charge on any atom is 0.354 e. The molecule has 0 saturated heterocycles. The van der Waals surface area contributed by atoms with E-state index in [2.05, 4.69) is 46.2 Å². The van der Waals surface area contributed by atoms with Crippen LogP contribution in [-0.4, -0.2) is 29.2 Å². The quantitative estimate of drug-likeness (QED) is 0.427. The Hall–Kier alpha value is -1.08. The molecule has 0 saturated carbocycles. The molecular formula is C17H22INO3. The van der Waals surface area contributed by atoms with Crippen LogP contribution in [0.15, 0.2) is 18.2 Å². The molecule has 1 aromatic carbocycles. The van der Waals surface area contributed by atoms with Gasteiger partial charge in [-0.2, -0.15) is 0 Å². The number of benzene rings is 1. The molecule has 4 nitrogen and oxygen atoms in total. The van der Waals surface area contributed by atoms with E-state index in [9.17, 15) is 4.79 Å². The fourth-order valence-corrected chi connectivity index (χ4v) is 3.06. The lowest BCUT2D eigenvalue weighted by Gasteiger charge is -2.25. The Morgan fingerprint density at radius 3 is 2.77 bits per heavy atom. The minimum absolute atomic E-state index is 0.107. The van der Waals surface area contributed by atoms with Crippen molar-refractivity contribution in [2.75, 3.05) is 18.6 Å². The van der Waals surface area contributed by atoms with Crippen molar-refractivity contribution >= 4 is 39.5 Å². The Labute approximate surface area is 144 Å². The fraction of sp³-hybridized carbons (Fsp3) is 0.471. The van der Waals surface area contributed by atoms with Crippen LogP contribution in [-0.2, 0) is 16.0 Å². The zero-order valence-electron chi connectivity index (χ0n) is 13.5. The van der Waals surface area contributed by atoms with Crippen LogP contribution >= 0.6 is 22.6 Å². The summed E-state index contributed by atoms with van der Waals surface area (Å²) in [6.45, 7) is 5.07. The Morgan fingerprint density at radius 2 is 2.14 bits per heavy atom. The molecular weight excluding hydrogens is 393 g/mol. The van der Waals surface area contributed by atoms with E-state index in [1.165, 1.54) is 5.56 Å². The standard InChI is InChI=1S/C16H19NO3.CH3I/c1-4-20-16(18)13-9-12-10(2)5-6-11-14(19-3)7-8-17(13)15(11)12;1-2/h5-6,9,14H,4,7-8H2,1-3H3;1H3. The van der Waals surface area contributed by atoms with E-state index in [1.54, 1.807) is 7.11 Å². The van der Waals surface area contributed by atoms with Crippen LogP contribution in [0.5, 0.6) is 0 Å². The van der Waals surface area contributed by atoms with E-state index in [4.69, 9.17) is 9.47 Å². The first kappa shape index (κ1) is 17.3. The molecule has 2 aromatic rings. The highest BCUT2D eigenvalue weighted by Gasteiger charge is 2.27. The van der Waals surface area contributed by atoms with E-state index >= 15 is 0 Å². The van der Waals surface area contributed by atoms with Gasteiger partial charge in [0.25, 0.3) is 0 Å². The molecule has 1 aromatic heterocycles. The van der Waals surface area contributed by atoms with Gasteiger partial charge in [-0.05, 0) is 36.8 Å². The van der Waals surface area contributed by atoms with Gasteiger partial charge >= 0.3 is 5.97 Å². The molecule has 0 radical (unpaired) electrons. The third-order valence-corrected chi connectivity index (χ3v) is 4.04. The second kappa shape index (κ2) is 7.46. The molecule has 2 heterocycles. The predicted octanol–water partition coefficient (Wildman–Crippen LogP) is 4.27. The molecule has 22 heavy (non-hydrogen) atoms. The topological polar surface area (TPSA) is 40.5 Å². The number of halogens is 1. The zero-order valence-corrected chi connectivity index (χ0v) is 15.6. The number of carbonyl (C=O) groups is 1. The van der Waals surface area contributed by atoms with Gasteiger partial charge in [-0.3, -0.25) is 0 Å². The van der Waals surface area contributed by atoms with Crippen molar-refractivity contribution in [3.63, 3.8) is 0 Å². The maximum absolute atomic E-state index is 12.1. The largest absolute Gasteiger partial charge is 0.461 e. The molecule has 0 amide bonds. The highest BCUT2D eigenvalue weighted by atomic mass is 127. The van der Waals surface area contributed by atoms with Gasteiger partial charge in [-0.1, -0.05) is 34.7 Å². The van der Waals surface area contributed by atoms with Crippen LogP contribution in [0, 0.1) is 6.92 Å². The number of aromatic nitrogens is 1. The van der Waals surface area contributed by atoms with Gasteiger partial charge in [-0.15, -0.1) is 0 Å². The number of carbonyl (C=O) groups excluding carboxylic acids is 1. The van der Waals surface area contributed by atoms with Gasteiger partial charge in [-0.25, -0.2) is 4.79 Å². The number of hydrogen-bond donors (Lipinski definition) is 0. The molecule has 5 heteroatoms. The van der Waals surface area contributed by atoms with Gasteiger partial charge in [0.05, 0.1) is 18.2 Å². The number of hydrogen-bond acceptors (Lipinski definition) is 3. The summed E-state index contributed by atoms with van der Waals surface area (Å²) in [6.07, 6.45) is 0.985. The number of esters is 1. The van der Waals surface area contributed by atoms with Gasteiger partial charge in [0.1, 0.15) is 5.69 Å². The summed E-state index contributed by atoms with van der Waals surface area (Å²) in [4.78, 5) is 14.1. The lowest BCUT2D eigenvalue weighted by Crippen LogP contribution is -2.19. The summed E-state index contributed by atoms with van der Waals surface area (Å²) in [6, 6.07) is 6.15. The summed E-state index contributed by atoms with van der Waals surface area (Å²) in [5.74, 6) is -0.245. The first-order valence-corrected chi connectivity index (χ1v) is 9.53. The van der Waals surface area contributed by atoms with Crippen molar-refractivity contribution in [3.05, 3.63) is 35.0 Å². The molecule has 1 aliphatic heterocycles. The zero-order chi connectivity index (χ0) is 16.3. The summed E-state index contributed by atoms with van der Waals surface area (Å²) >= 11 is 2.15. The number of ether oxygens (including phenoxy) is 2. The Kier molecular flexibility index (Phi) is 5.86. The lowest BCUT2D eigenvalue weighted by atomic mass is 9.98. The second-order valence-corrected chi connectivity index (χ2v) is 5.15. The molecule has 0 aliphatic carbocycles. The van der Waals surface area contributed by atoms with Gasteiger partial charge in [0.2, 0.25) is 0 Å². The van der Waals surface area contributed by atoms with Crippen molar-refractivity contribution in [3.8, 4) is 0 Å². The fourth-order valence-electron chi connectivity index (χ4n) is 3.06. The molecule has 0 bridgehead atoms. The summed E-state index contributed by atoms with van der Waals surface area (Å²) in [5.41, 5.74) is 4.10. The average molecular weight is 415 g/mol. The van der Waals surface area contributed by atoms with Crippen molar-refractivity contribution in [1.82, 2.24) is 4.57 Å². The summed E-state index contributed by atoms with van der Waals surface area (Å²) in [7, 11) is 1.74. The monoisotopic (exact) mass is 415 g/mol. The third-order valence-electron chi connectivity index (χ3n) is 4.04. The van der Waals surface area contributed by atoms with Crippen LogP contribution in [0.2, 0.25) is 0 Å². The summed E-state index contributed by atoms with van der Waals surface area (Å²) < 4.78 is 12.8. The molecule has 1 unspecified atom stereocenters. The van der Waals surface area contributed by atoms with Crippen LogP contribution < -0.4 is 0 Å². The number of alkyl halides is 1. The van der Waals surface area contributed by atoms with E-state index in [-0.39, 0.29) is 12.1 Å². The average Bonchev–Trinajstić information content (AvgIpc) is 2.94. The highest BCUT2D eigenvalue weighted by molar-refractivity contribution is 14.1. The third kappa shape index (κ3) is 2.88. The first-order valence-electron chi connectivity index (χ1n) is 7.37. The minimum Gasteiger partial charge on any atom is -0.461 e. The first-order chi connectivity index (χ1) is 10.7. The summed E-state index contributed by atoms with van der Waals surface area (Å²) in [5, 5.41) is 1.12. The SMILES string of the molecule is CCOC(=O)c1cc2c(C)ccc3c2n1CCC3OC.CI. The predicted molar refractivity (Wildman–Crippen MR) is 96.9 cm³/mol. The number of aryl methyl sites for hydroxylation is 2. The lowest BCUT2D eigenvalue weighted by molar-refractivity contribution is 0.0507. The van der Waals surface area contributed by atoms with Crippen LogP contribution in [0.3, 0.4) is 0 Å². The van der Waals surface area contributed by atoms with Crippen molar-refractivity contribution in [2.45, 2.75) is 32.9 Å². The van der Waals surface area contributed by atoms with Crippen LogP contribution in [0.1, 0.15) is 41.1 Å². The molecule has 120 valence electrons. The Morgan fingerprint density at radius 1 is 1.41 bits per heavy atom. The highest BCUT2D eigenvalue weighted by Crippen LogP contribution is 2.37. The van der Waals surface area contributed by atoms with E-state index in [0.717, 1.165) is 29.4 Å². The molecule has 3 rings (SSSR count). The Bertz CT molecular complexity index is 678. The van der Waals surface area contributed by atoms with Gasteiger partial charge < -0.3 is 14.0 Å². The van der Waals surface area contributed by atoms with Crippen LogP contribution in [0.25, 0.3) is 10.9 Å². The van der Waals surface area contributed by atoms with Gasteiger partial charge in [0.15, 0.2) is 0 Å². The molecule has 1 atom stereocenters. The second-order valence-electron chi connectivity index (χ2n) is 5.15. The van der Waals surface area contributed by atoms with E-state index in [1.807, 2.05) is 17.9 Å². The van der Waals surface area contributed by atoms with Crippen molar-refractivity contribution < 1.29 is 14.3 Å². The minimum atomic E-state index is -0.245.